The number of carbonyl (C=O) groups is 1. The first-order valence-electron chi connectivity index (χ1n) is 17.1. The number of pyridine rings is 2. The Balaban J connectivity index is 1.05. The molecule has 10 nitrogen and oxygen atoms in total. The van der Waals surface area contributed by atoms with E-state index in [0.29, 0.717) is 53.3 Å². The predicted octanol–water partition coefficient (Wildman–Crippen LogP) is 5.84. The molecule has 246 valence electrons. The molecule has 2 bridgehead atoms. The van der Waals surface area contributed by atoms with Gasteiger partial charge >= 0.3 is 0 Å². The molecule has 3 aromatic heterocycles. The molecule has 8 rings (SSSR count). The van der Waals surface area contributed by atoms with Crippen LogP contribution < -0.4 is 15.0 Å². The number of fused-ring (bicyclic) bond motifs is 7. The van der Waals surface area contributed by atoms with Crippen molar-refractivity contribution in [2.75, 3.05) is 56.2 Å². The Kier molecular flexibility index (Phi) is 8.05. The van der Waals surface area contributed by atoms with Crippen molar-refractivity contribution in [1.82, 2.24) is 24.4 Å². The third kappa shape index (κ3) is 5.95. The first kappa shape index (κ1) is 30.3. The fourth-order valence-electron chi connectivity index (χ4n) is 7.77. The van der Waals surface area contributed by atoms with E-state index >= 15 is 4.39 Å². The van der Waals surface area contributed by atoms with Crippen molar-refractivity contribution in [1.29, 1.82) is 0 Å². The highest BCUT2D eigenvalue weighted by molar-refractivity contribution is 6.05. The minimum absolute atomic E-state index is 0.165. The van der Waals surface area contributed by atoms with Crippen LogP contribution in [0.3, 0.4) is 0 Å². The Hall–Kier alpha value is -4.09. The molecule has 1 spiro atoms. The highest BCUT2D eigenvalue weighted by atomic mass is 19.1. The van der Waals surface area contributed by atoms with Crippen LogP contribution in [0.5, 0.6) is 5.75 Å². The average molecular weight is 640 g/mol. The van der Waals surface area contributed by atoms with Gasteiger partial charge in [0, 0.05) is 42.8 Å². The summed E-state index contributed by atoms with van der Waals surface area (Å²) in [6.45, 7) is 9.23. The normalized spacial score (nSPS) is 20.8. The largest absolute Gasteiger partial charge is 0.493 e. The van der Waals surface area contributed by atoms with Gasteiger partial charge in [-0.15, -0.1) is 0 Å². The summed E-state index contributed by atoms with van der Waals surface area (Å²) >= 11 is 0. The molecule has 0 radical (unpaired) electrons. The number of ether oxygens (including phenoxy) is 2. The molecule has 0 unspecified atom stereocenters. The number of piperidine rings is 2. The quantitative estimate of drug-likeness (QED) is 0.274. The molecule has 7 heterocycles. The van der Waals surface area contributed by atoms with Crippen molar-refractivity contribution in [2.24, 2.45) is 5.41 Å². The summed E-state index contributed by atoms with van der Waals surface area (Å²) < 4.78 is 28.6. The van der Waals surface area contributed by atoms with Crippen LogP contribution in [0.15, 0.2) is 42.6 Å². The van der Waals surface area contributed by atoms with Crippen LogP contribution >= 0.6 is 0 Å². The first-order valence-corrected chi connectivity index (χ1v) is 17.1. The second-order valence-electron chi connectivity index (χ2n) is 13.7. The number of hydrogen-bond acceptors (Lipinski definition) is 8. The lowest BCUT2D eigenvalue weighted by molar-refractivity contribution is -0.0834. The Morgan fingerprint density at radius 3 is 2.53 bits per heavy atom. The monoisotopic (exact) mass is 639 g/mol. The average Bonchev–Trinajstić information content (AvgIpc) is 3.38. The molecular weight excluding hydrogens is 597 g/mol. The van der Waals surface area contributed by atoms with Crippen LogP contribution in [0.2, 0.25) is 0 Å². The summed E-state index contributed by atoms with van der Waals surface area (Å²) in [5.41, 5.74) is 4.96. The van der Waals surface area contributed by atoms with E-state index in [2.05, 4.69) is 47.9 Å². The second kappa shape index (κ2) is 12.5. The van der Waals surface area contributed by atoms with Crippen molar-refractivity contribution in [3.05, 3.63) is 59.8 Å². The summed E-state index contributed by atoms with van der Waals surface area (Å²) in [7, 11) is 0. The number of nitrogens with one attached hydrogen (secondary N) is 1. The van der Waals surface area contributed by atoms with E-state index in [4.69, 9.17) is 14.5 Å². The van der Waals surface area contributed by atoms with Gasteiger partial charge < -0.3 is 18.9 Å². The van der Waals surface area contributed by atoms with E-state index in [0.717, 1.165) is 56.6 Å². The number of aromatic nitrogens is 4. The highest BCUT2D eigenvalue weighted by Crippen LogP contribution is 2.43. The van der Waals surface area contributed by atoms with Crippen LogP contribution in [0.25, 0.3) is 22.3 Å². The number of anilines is 2. The Bertz CT molecular complexity index is 1790. The lowest BCUT2D eigenvalue weighted by Gasteiger charge is -2.50. The number of aryl methyl sites for hydroxylation is 2. The van der Waals surface area contributed by atoms with Gasteiger partial charge in [0.15, 0.2) is 0 Å². The van der Waals surface area contributed by atoms with E-state index in [1.807, 2.05) is 0 Å². The van der Waals surface area contributed by atoms with Gasteiger partial charge in [0.2, 0.25) is 11.9 Å². The highest BCUT2D eigenvalue weighted by Gasteiger charge is 2.40. The molecule has 11 heteroatoms. The van der Waals surface area contributed by atoms with Crippen molar-refractivity contribution in [3.8, 4) is 17.0 Å². The lowest BCUT2D eigenvalue weighted by atomic mass is 9.71. The predicted molar refractivity (Wildman–Crippen MR) is 178 cm³/mol. The minimum Gasteiger partial charge on any atom is -0.493 e. The number of imidazole rings is 1. The fraction of sp³-hybridized carbons (Fsp3) is 0.500. The molecule has 3 saturated heterocycles. The van der Waals surface area contributed by atoms with Crippen LogP contribution in [0.1, 0.15) is 61.0 Å². The van der Waals surface area contributed by atoms with Crippen LogP contribution in [-0.2, 0) is 11.3 Å². The van der Waals surface area contributed by atoms with E-state index in [1.54, 1.807) is 25.1 Å². The molecule has 4 aromatic rings. The van der Waals surface area contributed by atoms with E-state index in [9.17, 15) is 4.79 Å². The molecule has 0 aliphatic carbocycles. The third-order valence-corrected chi connectivity index (χ3v) is 10.8. The Morgan fingerprint density at radius 2 is 1.74 bits per heavy atom. The molecule has 0 atom stereocenters. The van der Waals surface area contributed by atoms with Gasteiger partial charge in [-0.1, -0.05) is 0 Å². The maximum Gasteiger partial charge on any atom is 0.258 e. The SMILES string of the molecule is Cc1cc2cc(n1)-c1c(ccnc1F)OCCCCCn1c(nc3ccc(N4CCC5(CC4)CCN(C4COC4)CC5)cc31)NC2=O. The zero-order valence-corrected chi connectivity index (χ0v) is 27.0. The number of amides is 1. The van der Waals surface area contributed by atoms with E-state index < -0.39 is 5.95 Å². The second-order valence-corrected chi connectivity index (χ2v) is 13.7. The van der Waals surface area contributed by atoms with Crippen molar-refractivity contribution in [2.45, 2.75) is 64.5 Å². The molecule has 47 heavy (non-hydrogen) atoms. The van der Waals surface area contributed by atoms with Crippen molar-refractivity contribution < 1.29 is 18.7 Å². The zero-order chi connectivity index (χ0) is 32.0. The van der Waals surface area contributed by atoms with E-state index in [1.165, 1.54) is 50.7 Å². The zero-order valence-electron chi connectivity index (χ0n) is 27.0. The van der Waals surface area contributed by atoms with Gasteiger partial charge in [-0.05, 0) is 107 Å². The molecule has 0 saturated carbocycles. The molecular formula is C36H42FN7O3. The number of halogens is 1. The van der Waals surface area contributed by atoms with Gasteiger partial charge in [0.1, 0.15) is 5.75 Å². The van der Waals surface area contributed by atoms with Crippen LogP contribution in [0, 0.1) is 18.3 Å². The molecule has 1 amide bonds. The summed E-state index contributed by atoms with van der Waals surface area (Å²) in [4.78, 5) is 32.1. The smallest absolute Gasteiger partial charge is 0.258 e. The standard InChI is InChI=1S/C36H42FN7O3/c1-24-19-25-20-29(39-24)32-31(7-12-38-33(32)37)47-18-4-2-3-13-44-30-21-26(5-6-28(30)40-35(44)41-34(25)45)42-14-8-36(9-15-42)10-16-43(17-11-36)27-22-46-23-27/h5-7,12,19-21,27H,2-4,8-11,13-18,22-23H2,1H3,(H,40,41,45). The van der Waals surface area contributed by atoms with Gasteiger partial charge in [-0.2, -0.15) is 4.39 Å². The number of carbonyl (C=O) groups excluding carboxylic acids is 1. The topological polar surface area (TPSA) is 97.6 Å². The summed E-state index contributed by atoms with van der Waals surface area (Å²) in [5, 5.41) is 3.07. The van der Waals surface area contributed by atoms with Crippen LogP contribution in [0.4, 0.5) is 16.0 Å². The Morgan fingerprint density at radius 1 is 0.936 bits per heavy atom. The maximum atomic E-state index is 15.0. The summed E-state index contributed by atoms with van der Waals surface area (Å²) in [5.74, 6) is -0.116. The molecule has 1 N–H and O–H groups in total. The van der Waals surface area contributed by atoms with Gasteiger partial charge in [-0.3, -0.25) is 20.0 Å². The number of nitrogens with zero attached hydrogens (tertiary/aromatic N) is 6. The molecule has 4 aliphatic heterocycles. The number of rotatable bonds is 2. The molecule has 1 aromatic carbocycles. The minimum atomic E-state index is -0.678. The van der Waals surface area contributed by atoms with Gasteiger partial charge in [0.25, 0.3) is 5.91 Å². The number of benzene rings is 1. The maximum absolute atomic E-state index is 15.0. The van der Waals surface area contributed by atoms with Crippen LogP contribution in [-0.4, -0.2) is 82.4 Å². The van der Waals surface area contributed by atoms with Crippen molar-refractivity contribution in [3.63, 3.8) is 0 Å². The molecule has 4 aliphatic rings. The first-order chi connectivity index (χ1) is 22.9. The van der Waals surface area contributed by atoms with Crippen molar-refractivity contribution >= 4 is 28.6 Å². The number of hydrogen-bond donors (Lipinski definition) is 1. The third-order valence-electron chi connectivity index (χ3n) is 10.8. The van der Waals surface area contributed by atoms with Gasteiger partial charge in [0.05, 0.1) is 48.2 Å². The fourth-order valence-corrected chi connectivity index (χ4v) is 7.77. The summed E-state index contributed by atoms with van der Waals surface area (Å²) in [6, 6.07) is 12.1. The number of likely N-dealkylation sites (tertiary alicyclic amines) is 1. The summed E-state index contributed by atoms with van der Waals surface area (Å²) in [6.07, 6.45) is 8.99. The lowest BCUT2D eigenvalue weighted by Crippen LogP contribution is -2.54. The Labute approximate surface area is 274 Å². The molecule has 3 fully saturated rings. The van der Waals surface area contributed by atoms with Gasteiger partial charge in [-0.25, -0.2) is 9.97 Å². The van der Waals surface area contributed by atoms with E-state index in [-0.39, 0.29) is 11.5 Å².